The molecule has 3 rings (SSSR count). The first-order chi connectivity index (χ1) is 12.2. The van der Waals surface area contributed by atoms with Crippen molar-refractivity contribution in [3.8, 4) is 0 Å². The van der Waals surface area contributed by atoms with Gasteiger partial charge in [-0.15, -0.1) is 0 Å². The lowest BCUT2D eigenvalue weighted by Gasteiger charge is -2.35. The first kappa shape index (κ1) is 17.9. The molecule has 2 amide bonds. The first-order valence-electron chi connectivity index (χ1n) is 9.27. The molecule has 2 aliphatic rings. The topological polar surface area (TPSA) is 64.7 Å². The summed E-state index contributed by atoms with van der Waals surface area (Å²) < 4.78 is 0. The maximum atomic E-state index is 12.3. The molecular weight excluding hydrogens is 316 g/mol. The lowest BCUT2D eigenvalue weighted by atomic mass is 10.0. The van der Waals surface area contributed by atoms with E-state index in [0.717, 1.165) is 58.5 Å². The third-order valence-corrected chi connectivity index (χ3v) is 5.01. The number of amides is 2. The van der Waals surface area contributed by atoms with Crippen LogP contribution in [0.2, 0.25) is 0 Å². The Labute approximate surface area is 149 Å². The van der Waals surface area contributed by atoms with Gasteiger partial charge >= 0.3 is 0 Å². The Morgan fingerprint density at radius 3 is 2.52 bits per heavy atom. The van der Waals surface area contributed by atoms with Crippen molar-refractivity contribution in [2.75, 3.05) is 39.3 Å². The van der Waals surface area contributed by atoms with Crippen molar-refractivity contribution >= 4 is 11.8 Å². The Morgan fingerprint density at radius 1 is 1.08 bits per heavy atom. The molecule has 0 spiro atoms. The van der Waals surface area contributed by atoms with Crippen molar-refractivity contribution in [2.24, 2.45) is 0 Å². The molecule has 0 aromatic heterocycles. The first-order valence-corrected chi connectivity index (χ1v) is 9.27. The van der Waals surface area contributed by atoms with Crippen LogP contribution in [0.1, 0.15) is 24.8 Å². The highest BCUT2D eigenvalue weighted by Crippen LogP contribution is 2.09. The molecule has 0 unspecified atom stereocenters. The minimum atomic E-state index is -0.135. The van der Waals surface area contributed by atoms with E-state index in [1.807, 2.05) is 11.0 Å². The van der Waals surface area contributed by atoms with Crippen LogP contribution >= 0.6 is 0 Å². The summed E-state index contributed by atoms with van der Waals surface area (Å²) in [5.74, 6) is -0.0284. The van der Waals surface area contributed by atoms with Gasteiger partial charge in [-0.25, -0.2) is 0 Å². The van der Waals surface area contributed by atoms with E-state index in [9.17, 15) is 9.59 Å². The number of piperidine rings is 1. The third-order valence-electron chi connectivity index (χ3n) is 5.01. The number of carbonyl (C=O) groups is 2. The van der Waals surface area contributed by atoms with Crippen LogP contribution in [-0.4, -0.2) is 66.9 Å². The van der Waals surface area contributed by atoms with E-state index in [0.29, 0.717) is 0 Å². The van der Waals surface area contributed by atoms with Crippen LogP contribution in [-0.2, 0) is 16.1 Å². The van der Waals surface area contributed by atoms with Crippen LogP contribution in [0.15, 0.2) is 30.3 Å². The van der Waals surface area contributed by atoms with E-state index in [1.54, 1.807) is 0 Å². The van der Waals surface area contributed by atoms with Crippen LogP contribution in [0, 0.1) is 0 Å². The van der Waals surface area contributed by atoms with Crippen molar-refractivity contribution in [2.45, 2.75) is 31.8 Å². The number of nitrogens with one attached hydrogen (secondary N) is 2. The van der Waals surface area contributed by atoms with E-state index in [4.69, 9.17) is 0 Å². The molecule has 0 radical (unpaired) electrons. The fraction of sp³-hybridized carbons (Fsp3) is 0.579. The van der Waals surface area contributed by atoms with Gasteiger partial charge in [0.2, 0.25) is 11.8 Å². The zero-order valence-corrected chi connectivity index (χ0v) is 14.7. The fourth-order valence-corrected chi connectivity index (χ4v) is 3.47. The van der Waals surface area contributed by atoms with Crippen LogP contribution in [0.3, 0.4) is 0 Å². The van der Waals surface area contributed by atoms with Gasteiger partial charge in [-0.1, -0.05) is 36.8 Å². The van der Waals surface area contributed by atoms with Crippen LogP contribution < -0.4 is 10.6 Å². The van der Waals surface area contributed by atoms with Gasteiger partial charge in [0.05, 0.1) is 12.6 Å². The van der Waals surface area contributed by atoms with Crippen molar-refractivity contribution in [3.63, 3.8) is 0 Å². The van der Waals surface area contributed by atoms with Crippen molar-refractivity contribution < 1.29 is 9.59 Å². The van der Waals surface area contributed by atoms with Gasteiger partial charge in [0.25, 0.3) is 0 Å². The molecule has 0 aliphatic carbocycles. The average molecular weight is 344 g/mol. The smallest absolute Gasteiger partial charge is 0.242 e. The average Bonchev–Trinajstić information content (AvgIpc) is 2.68. The predicted octanol–water partition coefficient (Wildman–Crippen LogP) is 0.589. The van der Waals surface area contributed by atoms with Crippen LogP contribution in [0.4, 0.5) is 0 Å². The molecule has 1 atom stereocenters. The SMILES string of the molecule is O=C(NCC(=O)N1CCN(Cc2ccccc2)CC1)[C@H]1CCCCN1. The predicted molar refractivity (Wildman–Crippen MR) is 97.0 cm³/mol. The van der Waals surface area contributed by atoms with Gasteiger partial charge in [0.1, 0.15) is 0 Å². The fourth-order valence-electron chi connectivity index (χ4n) is 3.47. The number of rotatable bonds is 5. The largest absolute Gasteiger partial charge is 0.346 e. The summed E-state index contributed by atoms with van der Waals surface area (Å²) in [6.07, 6.45) is 3.05. The van der Waals surface area contributed by atoms with Crippen LogP contribution in [0.25, 0.3) is 0 Å². The Morgan fingerprint density at radius 2 is 1.84 bits per heavy atom. The maximum absolute atomic E-state index is 12.3. The van der Waals surface area contributed by atoms with Crippen LogP contribution in [0.5, 0.6) is 0 Å². The standard InChI is InChI=1S/C19H28N4O2/c24-18(14-21-19(25)17-8-4-5-9-20-17)23-12-10-22(11-13-23)15-16-6-2-1-3-7-16/h1-3,6-7,17,20H,4-5,8-15H2,(H,21,25)/t17-/m1/s1. The lowest BCUT2D eigenvalue weighted by Crippen LogP contribution is -2.53. The molecule has 2 saturated heterocycles. The molecule has 6 nitrogen and oxygen atoms in total. The molecule has 25 heavy (non-hydrogen) atoms. The highest BCUT2D eigenvalue weighted by atomic mass is 16.2. The zero-order valence-electron chi connectivity index (χ0n) is 14.7. The molecule has 1 aromatic rings. The van der Waals surface area contributed by atoms with Crippen molar-refractivity contribution in [3.05, 3.63) is 35.9 Å². The summed E-state index contributed by atoms with van der Waals surface area (Å²) in [4.78, 5) is 28.6. The van der Waals surface area contributed by atoms with Crippen molar-refractivity contribution in [1.82, 2.24) is 20.4 Å². The molecule has 2 fully saturated rings. The summed E-state index contributed by atoms with van der Waals surface area (Å²) in [6.45, 7) is 5.11. The summed E-state index contributed by atoms with van der Waals surface area (Å²) in [7, 11) is 0. The van der Waals surface area contributed by atoms with E-state index >= 15 is 0 Å². The van der Waals surface area contributed by atoms with Gasteiger partial charge in [-0.3, -0.25) is 14.5 Å². The molecule has 136 valence electrons. The Kier molecular flexibility index (Phi) is 6.42. The number of carbonyl (C=O) groups excluding carboxylic acids is 2. The summed E-state index contributed by atoms with van der Waals surface area (Å²) >= 11 is 0. The van der Waals surface area contributed by atoms with E-state index in [1.165, 1.54) is 5.56 Å². The number of hydrogen-bond acceptors (Lipinski definition) is 4. The second-order valence-corrected chi connectivity index (χ2v) is 6.86. The molecule has 2 aliphatic heterocycles. The van der Waals surface area contributed by atoms with Crippen molar-refractivity contribution in [1.29, 1.82) is 0 Å². The highest BCUT2D eigenvalue weighted by Gasteiger charge is 2.24. The van der Waals surface area contributed by atoms with E-state index in [2.05, 4.69) is 39.8 Å². The quantitative estimate of drug-likeness (QED) is 0.821. The molecule has 1 aromatic carbocycles. The lowest BCUT2D eigenvalue weighted by molar-refractivity contribution is -0.134. The summed E-state index contributed by atoms with van der Waals surface area (Å²) in [6, 6.07) is 10.3. The number of nitrogens with zero attached hydrogens (tertiary/aromatic N) is 2. The Bertz CT molecular complexity index is 564. The van der Waals surface area contributed by atoms with E-state index < -0.39 is 0 Å². The molecule has 2 heterocycles. The number of hydrogen-bond donors (Lipinski definition) is 2. The van der Waals surface area contributed by atoms with Gasteiger partial charge in [-0.05, 0) is 24.9 Å². The second kappa shape index (κ2) is 8.97. The Hall–Kier alpha value is -1.92. The molecular formula is C19H28N4O2. The minimum Gasteiger partial charge on any atom is -0.346 e. The Balaban J connectivity index is 1.37. The van der Waals surface area contributed by atoms with Gasteiger partial charge in [0, 0.05) is 32.7 Å². The maximum Gasteiger partial charge on any atom is 0.242 e. The van der Waals surface area contributed by atoms with Gasteiger partial charge in [-0.2, -0.15) is 0 Å². The third kappa shape index (κ3) is 5.28. The normalized spacial score (nSPS) is 21.8. The monoisotopic (exact) mass is 344 g/mol. The highest BCUT2D eigenvalue weighted by molar-refractivity contribution is 5.87. The van der Waals surface area contributed by atoms with E-state index in [-0.39, 0.29) is 24.4 Å². The molecule has 6 heteroatoms. The molecule has 0 saturated carbocycles. The zero-order chi connectivity index (χ0) is 17.5. The molecule has 2 N–H and O–H groups in total. The van der Waals surface area contributed by atoms with Gasteiger partial charge in [0.15, 0.2) is 0 Å². The minimum absolute atomic E-state index is 0.0171. The number of benzene rings is 1. The van der Waals surface area contributed by atoms with Gasteiger partial charge < -0.3 is 15.5 Å². The number of piperazine rings is 1. The summed E-state index contributed by atoms with van der Waals surface area (Å²) in [5.41, 5.74) is 1.30. The summed E-state index contributed by atoms with van der Waals surface area (Å²) in [5, 5.41) is 6.00. The molecule has 0 bridgehead atoms. The second-order valence-electron chi connectivity index (χ2n) is 6.86.